The second-order valence-electron chi connectivity index (χ2n) is 13.9. The Labute approximate surface area is 260 Å². The molecule has 13 heteroatoms. The maximum atomic E-state index is 14.1. The van der Waals surface area contributed by atoms with E-state index in [1.54, 1.807) is 6.07 Å². The van der Waals surface area contributed by atoms with Crippen molar-refractivity contribution in [1.82, 2.24) is 20.2 Å². The number of aldehydes is 1. The van der Waals surface area contributed by atoms with Gasteiger partial charge in [-0.2, -0.15) is 0 Å². The lowest BCUT2D eigenvalue weighted by Crippen LogP contribution is -2.56. The lowest BCUT2D eigenvalue weighted by atomic mass is 9.85. The zero-order valence-corrected chi connectivity index (χ0v) is 26.2. The van der Waals surface area contributed by atoms with Crippen LogP contribution in [0.2, 0.25) is 0 Å². The summed E-state index contributed by atoms with van der Waals surface area (Å²) in [7, 11) is 0. The first kappa shape index (κ1) is 31.2. The summed E-state index contributed by atoms with van der Waals surface area (Å²) in [6, 6.07) is 1.14. The Kier molecular flexibility index (Phi) is 7.80. The van der Waals surface area contributed by atoms with Gasteiger partial charge in [0.05, 0.1) is 18.1 Å². The Hall–Kier alpha value is -3.77. The van der Waals surface area contributed by atoms with Gasteiger partial charge in [0.2, 0.25) is 17.5 Å². The molecule has 2 amide bonds. The Bertz CT molecular complexity index is 1510. The Morgan fingerprint density at radius 1 is 1.11 bits per heavy atom. The van der Waals surface area contributed by atoms with Crippen LogP contribution in [0, 0.1) is 17.3 Å². The number of alkyl halides is 2. The van der Waals surface area contributed by atoms with E-state index in [0.717, 1.165) is 38.4 Å². The van der Waals surface area contributed by atoms with Gasteiger partial charge in [0, 0.05) is 11.8 Å². The van der Waals surface area contributed by atoms with Crippen LogP contribution >= 0.6 is 0 Å². The molecule has 1 aromatic heterocycles. The fourth-order valence-corrected chi connectivity index (χ4v) is 6.89. The van der Waals surface area contributed by atoms with E-state index in [9.17, 15) is 23.2 Å². The maximum absolute atomic E-state index is 14.1. The van der Waals surface area contributed by atoms with Crippen LogP contribution in [0.25, 0.3) is 11.0 Å². The molecule has 3 aliphatic heterocycles. The van der Waals surface area contributed by atoms with Crippen molar-refractivity contribution in [3.63, 3.8) is 0 Å². The number of aryl methyl sites for hydroxylation is 1. The number of ether oxygens (including phenoxy) is 4. The number of hydrogen-bond acceptors (Lipinski definition) is 9. The van der Waals surface area contributed by atoms with Crippen LogP contribution in [0.15, 0.2) is 12.1 Å². The number of carbonyl (C=O) groups excluding carboxylic acids is 3. The summed E-state index contributed by atoms with van der Waals surface area (Å²) in [5.74, 6) is -0.842. The number of nitrogens with one attached hydrogen (secondary N) is 1. The fraction of sp³-hybridized carbons (Fsp3) is 0.656. The van der Waals surface area contributed by atoms with Gasteiger partial charge in [0.15, 0.2) is 5.75 Å². The minimum absolute atomic E-state index is 0.0492. The summed E-state index contributed by atoms with van der Waals surface area (Å²) < 4.78 is 49.7. The second-order valence-corrected chi connectivity index (χ2v) is 13.9. The number of hydrogen-bond donors (Lipinski definition) is 1. The van der Waals surface area contributed by atoms with E-state index in [-0.39, 0.29) is 35.4 Å². The van der Waals surface area contributed by atoms with Crippen LogP contribution in [0.5, 0.6) is 17.4 Å². The minimum Gasteiger partial charge on any atom is -0.471 e. The molecule has 0 unspecified atom stereocenters. The van der Waals surface area contributed by atoms with E-state index < -0.39 is 53.4 Å². The van der Waals surface area contributed by atoms with Crippen molar-refractivity contribution in [3.8, 4) is 17.4 Å². The molecule has 45 heavy (non-hydrogen) atoms. The number of nitrogens with zero attached hydrogens (tertiary/aromatic N) is 3. The third-order valence-corrected chi connectivity index (χ3v) is 9.57. The molecule has 6 atom stereocenters. The average molecular weight is 631 g/mol. The van der Waals surface area contributed by atoms with Crippen molar-refractivity contribution < 1.29 is 42.1 Å². The summed E-state index contributed by atoms with van der Waals surface area (Å²) in [5.41, 5.74) is -0.311. The highest BCUT2D eigenvalue weighted by Crippen LogP contribution is 2.50. The summed E-state index contributed by atoms with van der Waals surface area (Å²) in [6.07, 6.45) is 0.787. The second kappa shape index (κ2) is 11.2. The number of rotatable bonds is 2. The molecule has 1 aromatic carbocycles. The molecule has 1 saturated carbocycles. The summed E-state index contributed by atoms with van der Waals surface area (Å²) in [4.78, 5) is 50.6. The highest BCUT2D eigenvalue weighted by molar-refractivity contribution is 5.89. The van der Waals surface area contributed by atoms with Gasteiger partial charge < -0.3 is 34.0 Å². The molecule has 4 aliphatic rings. The van der Waals surface area contributed by atoms with E-state index in [1.807, 2.05) is 34.6 Å². The first-order chi connectivity index (χ1) is 21.2. The fourth-order valence-electron chi connectivity index (χ4n) is 6.89. The first-order valence-corrected chi connectivity index (χ1v) is 15.7. The van der Waals surface area contributed by atoms with Crippen LogP contribution in [-0.4, -0.2) is 69.8 Å². The normalized spacial score (nSPS) is 31.5. The average Bonchev–Trinajstić information content (AvgIpc) is 3.28. The van der Waals surface area contributed by atoms with E-state index in [4.69, 9.17) is 19.2 Å². The molecule has 244 valence electrons. The Morgan fingerprint density at radius 3 is 2.60 bits per heavy atom. The predicted octanol–water partition coefficient (Wildman–Crippen LogP) is 5.17. The molecule has 2 fully saturated rings. The molecule has 6 rings (SSSR count). The molecule has 0 spiro atoms. The number of carbonyl (C=O) groups is 3. The predicted molar refractivity (Wildman–Crippen MR) is 157 cm³/mol. The van der Waals surface area contributed by atoms with Gasteiger partial charge in [0.25, 0.3) is 0 Å². The molecular weight excluding hydrogens is 590 g/mol. The van der Waals surface area contributed by atoms with Gasteiger partial charge in [0.1, 0.15) is 35.2 Å². The first-order valence-electron chi connectivity index (χ1n) is 15.7. The lowest BCUT2D eigenvalue weighted by Gasteiger charge is -2.35. The van der Waals surface area contributed by atoms with E-state index in [1.165, 1.54) is 11.0 Å². The molecule has 1 N–H and O–H groups in total. The molecule has 1 saturated heterocycles. The highest BCUT2D eigenvalue weighted by Gasteiger charge is 2.54. The number of fused-ring (bicyclic) bond motifs is 7. The van der Waals surface area contributed by atoms with Crippen LogP contribution < -0.4 is 19.5 Å². The van der Waals surface area contributed by atoms with Crippen molar-refractivity contribution in [3.05, 3.63) is 17.8 Å². The minimum atomic E-state index is -3.83. The van der Waals surface area contributed by atoms with Crippen LogP contribution in [0.1, 0.15) is 78.8 Å². The Balaban J connectivity index is 1.39. The monoisotopic (exact) mass is 630 g/mol. The standard InChI is InChI=1S/C32H40F2N4O7/c1-6-18-21(16-39)38-15-23(18)42-27-20(35-19-12-13-22-25(24(19)36-27)44-32(33,34)43-22)11-9-7-8-10-17-14-31(17,5)45-29(41)37-26(28(38)40)30(2,3)4/h12-13,16-18,21,23,26H,6-11,14-15H2,1-5H3,(H,37,41)/t17-,18+,21-,23+,26-,31-/m1/s1. The van der Waals surface area contributed by atoms with Crippen molar-refractivity contribution in [1.29, 1.82) is 0 Å². The van der Waals surface area contributed by atoms with Crippen LogP contribution in [0.3, 0.4) is 0 Å². The molecule has 4 heterocycles. The summed E-state index contributed by atoms with van der Waals surface area (Å²) in [5, 5.41) is 2.80. The maximum Gasteiger partial charge on any atom is 0.586 e. The van der Waals surface area contributed by atoms with Crippen LogP contribution in [0.4, 0.5) is 13.6 Å². The highest BCUT2D eigenvalue weighted by atomic mass is 19.3. The van der Waals surface area contributed by atoms with Crippen LogP contribution in [-0.2, 0) is 20.7 Å². The van der Waals surface area contributed by atoms with Gasteiger partial charge in [-0.15, -0.1) is 8.78 Å². The van der Waals surface area contributed by atoms with E-state index in [2.05, 4.69) is 15.0 Å². The number of amides is 2. The SMILES string of the molecule is CC[C@@H]1[C@@H]2CN(C(=O)[C@H](C(C)(C)C)NC(=O)O[C@]3(C)C[C@H]3CCCCCc3nc4ccc5c(c4nc3O2)OC(F)(F)O5)[C@@H]1C=O. The molecule has 1 aliphatic carbocycles. The molecule has 2 aromatic rings. The summed E-state index contributed by atoms with van der Waals surface area (Å²) >= 11 is 0. The van der Waals surface area contributed by atoms with Crippen molar-refractivity contribution in [2.24, 2.45) is 17.3 Å². The zero-order chi connectivity index (χ0) is 32.3. The van der Waals surface area contributed by atoms with Gasteiger partial charge in [-0.05, 0) is 56.6 Å². The summed E-state index contributed by atoms with van der Waals surface area (Å²) in [6.45, 7) is 9.38. The molecule has 11 nitrogen and oxygen atoms in total. The van der Waals surface area contributed by atoms with Crippen molar-refractivity contribution in [2.45, 2.75) is 110 Å². The van der Waals surface area contributed by atoms with E-state index >= 15 is 0 Å². The molecule has 2 bridgehead atoms. The molecular formula is C32H40F2N4O7. The Morgan fingerprint density at radius 2 is 1.89 bits per heavy atom. The quantitative estimate of drug-likeness (QED) is 0.447. The number of halogens is 2. The van der Waals surface area contributed by atoms with Gasteiger partial charge in [-0.1, -0.05) is 40.5 Å². The molecule has 0 radical (unpaired) electrons. The zero-order valence-electron chi connectivity index (χ0n) is 26.2. The lowest BCUT2D eigenvalue weighted by molar-refractivity contribution is -0.286. The number of aromatic nitrogens is 2. The van der Waals surface area contributed by atoms with E-state index in [0.29, 0.717) is 24.1 Å². The van der Waals surface area contributed by atoms with Crippen molar-refractivity contribution in [2.75, 3.05) is 6.54 Å². The number of alkyl carbamates (subject to hydrolysis) is 1. The third kappa shape index (κ3) is 5.97. The smallest absolute Gasteiger partial charge is 0.471 e. The van der Waals surface area contributed by atoms with Crippen molar-refractivity contribution >= 4 is 29.3 Å². The third-order valence-electron chi connectivity index (χ3n) is 9.57. The van der Waals surface area contributed by atoms with Gasteiger partial charge in [-0.3, -0.25) is 4.79 Å². The van der Waals surface area contributed by atoms with Gasteiger partial charge >= 0.3 is 12.4 Å². The van der Waals surface area contributed by atoms with Gasteiger partial charge in [-0.25, -0.2) is 14.8 Å². The largest absolute Gasteiger partial charge is 0.586 e. The number of benzene rings is 1. The topological polar surface area (TPSA) is 129 Å².